The lowest BCUT2D eigenvalue weighted by Crippen LogP contribution is -2.08. The minimum absolute atomic E-state index is 0.166. The molecule has 1 saturated carbocycles. The number of alkyl halides is 2. The molecule has 0 bridgehead atoms. The Morgan fingerprint density at radius 2 is 1.93 bits per heavy atom. The van der Waals surface area contributed by atoms with Gasteiger partial charge in [0.25, 0.3) is 6.43 Å². The Labute approximate surface area is 88.6 Å². The third kappa shape index (κ3) is 1.80. The van der Waals surface area contributed by atoms with Crippen molar-refractivity contribution in [3.63, 3.8) is 0 Å². The van der Waals surface area contributed by atoms with Gasteiger partial charge in [-0.05, 0) is 28.8 Å². The summed E-state index contributed by atoms with van der Waals surface area (Å²) >= 11 is 2.99. The molecule has 1 aromatic heterocycles. The maximum Gasteiger partial charge on any atom is 0.284 e. The monoisotopic (exact) mass is 265 g/mol. The molecular weight excluding hydrogens is 256 g/mol. The van der Waals surface area contributed by atoms with E-state index in [9.17, 15) is 8.78 Å². The molecular formula is C8H10BrF2N3. The van der Waals surface area contributed by atoms with E-state index in [4.69, 9.17) is 0 Å². The standard InChI is InChI=1S/C8H10BrF2N3/c9-7-6(8(10)11)12-14(13-7)5-3-1-2-4-5/h5,8H,1-4H2. The van der Waals surface area contributed by atoms with Gasteiger partial charge in [-0.15, -0.1) is 5.10 Å². The van der Waals surface area contributed by atoms with E-state index >= 15 is 0 Å². The first-order chi connectivity index (χ1) is 6.68. The number of aromatic nitrogens is 3. The Kier molecular flexibility index (Phi) is 2.80. The molecule has 2 rings (SSSR count). The normalized spacial score (nSPS) is 18.3. The molecule has 78 valence electrons. The van der Waals surface area contributed by atoms with Crippen LogP contribution in [0.3, 0.4) is 0 Å². The van der Waals surface area contributed by atoms with Crippen molar-refractivity contribution in [2.75, 3.05) is 0 Å². The third-order valence-corrected chi connectivity index (χ3v) is 3.03. The largest absolute Gasteiger partial charge is 0.284 e. The summed E-state index contributed by atoms with van der Waals surface area (Å²) in [5, 5.41) is 7.76. The van der Waals surface area contributed by atoms with Crippen LogP contribution in [-0.4, -0.2) is 15.0 Å². The van der Waals surface area contributed by atoms with Crippen LogP contribution >= 0.6 is 15.9 Å². The second-order valence-corrected chi connectivity index (χ2v) is 4.19. The van der Waals surface area contributed by atoms with Crippen molar-refractivity contribution in [3.05, 3.63) is 10.3 Å². The number of nitrogens with zero attached hydrogens (tertiary/aromatic N) is 3. The van der Waals surface area contributed by atoms with Gasteiger partial charge in [0, 0.05) is 0 Å². The fraction of sp³-hybridized carbons (Fsp3) is 0.750. The van der Waals surface area contributed by atoms with Gasteiger partial charge in [-0.1, -0.05) is 12.8 Å². The zero-order valence-electron chi connectivity index (χ0n) is 7.46. The smallest absolute Gasteiger partial charge is 0.203 e. The highest BCUT2D eigenvalue weighted by molar-refractivity contribution is 9.10. The second kappa shape index (κ2) is 3.92. The minimum Gasteiger partial charge on any atom is -0.203 e. The highest BCUT2D eigenvalue weighted by Crippen LogP contribution is 2.31. The topological polar surface area (TPSA) is 30.7 Å². The van der Waals surface area contributed by atoms with Crippen LogP contribution in [0.5, 0.6) is 0 Å². The van der Waals surface area contributed by atoms with E-state index in [1.165, 1.54) is 4.80 Å². The highest BCUT2D eigenvalue weighted by atomic mass is 79.9. The van der Waals surface area contributed by atoms with E-state index in [1.54, 1.807) is 0 Å². The Morgan fingerprint density at radius 1 is 1.29 bits per heavy atom. The molecule has 0 unspecified atom stereocenters. The first-order valence-electron chi connectivity index (χ1n) is 4.59. The molecule has 1 aliphatic carbocycles. The average Bonchev–Trinajstić information content (AvgIpc) is 2.70. The molecule has 3 nitrogen and oxygen atoms in total. The minimum atomic E-state index is -2.56. The summed E-state index contributed by atoms with van der Waals surface area (Å²) in [4.78, 5) is 1.43. The van der Waals surface area contributed by atoms with Crippen molar-refractivity contribution in [1.29, 1.82) is 0 Å². The molecule has 1 aliphatic rings. The van der Waals surface area contributed by atoms with Crippen molar-refractivity contribution >= 4 is 15.9 Å². The van der Waals surface area contributed by atoms with Crippen LogP contribution < -0.4 is 0 Å². The quantitative estimate of drug-likeness (QED) is 0.823. The maximum atomic E-state index is 12.4. The van der Waals surface area contributed by atoms with Crippen molar-refractivity contribution in [2.24, 2.45) is 0 Å². The van der Waals surface area contributed by atoms with E-state index in [1.807, 2.05) is 0 Å². The van der Waals surface area contributed by atoms with Crippen LogP contribution in [0.25, 0.3) is 0 Å². The first kappa shape index (κ1) is 10.0. The Hall–Kier alpha value is -0.520. The summed E-state index contributed by atoms with van der Waals surface area (Å²) < 4.78 is 24.9. The molecule has 1 fully saturated rings. The Morgan fingerprint density at radius 3 is 2.43 bits per heavy atom. The van der Waals surface area contributed by atoms with Crippen molar-refractivity contribution in [2.45, 2.75) is 38.2 Å². The molecule has 0 atom stereocenters. The van der Waals surface area contributed by atoms with Gasteiger partial charge in [-0.2, -0.15) is 9.90 Å². The van der Waals surface area contributed by atoms with Crippen LogP contribution in [0.15, 0.2) is 4.60 Å². The van der Waals surface area contributed by atoms with E-state index in [0.717, 1.165) is 25.7 Å². The van der Waals surface area contributed by atoms with Gasteiger partial charge < -0.3 is 0 Å². The van der Waals surface area contributed by atoms with Crippen LogP contribution in [0.1, 0.15) is 43.8 Å². The summed E-state index contributed by atoms with van der Waals surface area (Å²) in [5.74, 6) is 0. The van der Waals surface area contributed by atoms with Gasteiger partial charge in [-0.25, -0.2) is 8.78 Å². The summed E-state index contributed by atoms with van der Waals surface area (Å²) in [7, 11) is 0. The van der Waals surface area contributed by atoms with Crippen molar-refractivity contribution < 1.29 is 8.78 Å². The average molecular weight is 266 g/mol. The summed E-state index contributed by atoms with van der Waals surface area (Å²) in [5.41, 5.74) is -0.253. The summed E-state index contributed by atoms with van der Waals surface area (Å²) in [6.45, 7) is 0. The van der Waals surface area contributed by atoms with E-state index in [-0.39, 0.29) is 16.3 Å². The van der Waals surface area contributed by atoms with E-state index < -0.39 is 6.43 Å². The fourth-order valence-corrected chi connectivity index (χ4v) is 2.16. The van der Waals surface area contributed by atoms with Gasteiger partial charge in [0.15, 0.2) is 10.3 Å². The zero-order chi connectivity index (χ0) is 10.1. The molecule has 0 aromatic carbocycles. The first-order valence-corrected chi connectivity index (χ1v) is 5.38. The molecule has 0 aliphatic heterocycles. The molecule has 0 saturated heterocycles. The predicted molar refractivity (Wildman–Crippen MR) is 50.2 cm³/mol. The maximum absolute atomic E-state index is 12.4. The second-order valence-electron chi connectivity index (χ2n) is 3.44. The molecule has 0 N–H and O–H groups in total. The van der Waals surface area contributed by atoms with Crippen LogP contribution in [0.4, 0.5) is 8.78 Å². The zero-order valence-corrected chi connectivity index (χ0v) is 9.04. The number of rotatable bonds is 2. The molecule has 0 radical (unpaired) electrons. The lowest BCUT2D eigenvalue weighted by Gasteiger charge is -2.06. The van der Waals surface area contributed by atoms with Crippen LogP contribution in [0, 0.1) is 0 Å². The molecule has 0 amide bonds. The van der Waals surface area contributed by atoms with Gasteiger partial charge in [0.1, 0.15) is 0 Å². The molecule has 1 heterocycles. The fourth-order valence-electron chi connectivity index (χ4n) is 1.75. The molecule has 6 heteroatoms. The molecule has 14 heavy (non-hydrogen) atoms. The molecule has 0 spiro atoms. The van der Waals surface area contributed by atoms with Crippen LogP contribution in [0.2, 0.25) is 0 Å². The summed E-state index contributed by atoms with van der Waals surface area (Å²) in [6, 6.07) is 0.207. The van der Waals surface area contributed by atoms with Gasteiger partial charge in [0.2, 0.25) is 0 Å². The van der Waals surface area contributed by atoms with E-state index in [0.29, 0.717) is 0 Å². The highest BCUT2D eigenvalue weighted by Gasteiger charge is 2.23. The van der Waals surface area contributed by atoms with Crippen molar-refractivity contribution in [3.8, 4) is 0 Å². The van der Waals surface area contributed by atoms with Crippen LogP contribution in [-0.2, 0) is 0 Å². The van der Waals surface area contributed by atoms with E-state index in [2.05, 4.69) is 26.1 Å². The Bertz CT molecular complexity index is 320. The summed E-state index contributed by atoms with van der Waals surface area (Å²) in [6.07, 6.45) is 1.69. The van der Waals surface area contributed by atoms with Gasteiger partial charge in [-0.3, -0.25) is 0 Å². The number of hydrogen-bond acceptors (Lipinski definition) is 2. The SMILES string of the molecule is FC(F)c1nn(C2CCCC2)nc1Br. The lowest BCUT2D eigenvalue weighted by atomic mass is 10.3. The Balaban J connectivity index is 2.22. The van der Waals surface area contributed by atoms with Gasteiger partial charge in [0.05, 0.1) is 6.04 Å². The predicted octanol–water partition coefficient (Wildman–Crippen LogP) is 3.09. The number of halogens is 3. The number of hydrogen-bond donors (Lipinski definition) is 0. The molecule has 1 aromatic rings. The lowest BCUT2D eigenvalue weighted by molar-refractivity contribution is 0.143. The third-order valence-electron chi connectivity index (χ3n) is 2.47. The van der Waals surface area contributed by atoms with Crippen molar-refractivity contribution in [1.82, 2.24) is 15.0 Å². The van der Waals surface area contributed by atoms with Gasteiger partial charge >= 0.3 is 0 Å².